The number of anilines is 2. The zero-order valence-corrected chi connectivity index (χ0v) is 17.4. The van der Waals surface area contributed by atoms with E-state index in [-0.39, 0.29) is 11.8 Å². The van der Waals surface area contributed by atoms with Gasteiger partial charge in [-0.25, -0.2) is 0 Å². The Morgan fingerprint density at radius 1 is 1.03 bits per heavy atom. The van der Waals surface area contributed by atoms with Gasteiger partial charge in [-0.1, -0.05) is 30.3 Å². The number of carbonyl (C=O) groups is 2. The van der Waals surface area contributed by atoms with Crippen molar-refractivity contribution in [3.05, 3.63) is 59.7 Å². The summed E-state index contributed by atoms with van der Waals surface area (Å²) in [6.45, 7) is 6.89. The van der Waals surface area contributed by atoms with Gasteiger partial charge in [0, 0.05) is 58.4 Å². The lowest BCUT2D eigenvalue weighted by Crippen LogP contribution is -2.48. The molecule has 30 heavy (non-hydrogen) atoms. The molecule has 2 aliphatic rings. The fourth-order valence-corrected chi connectivity index (χ4v) is 4.04. The van der Waals surface area contributed by atoms with Gasteiger partial charge in [-0.15, -0.1) is 0 Å². The molecule has 0 radical (unpaired) electrons. The molecule has 2 aromatic carbocycles. The largest absolute Gasteiger partial charge is 0.364 e. The maximum absolute atomic E-state index is 12.5. The Balaban J connectivity index is 1.21. The average Bonchev–Trinajstić information content (AvgIpc) is 2.75. The minimum Gasteiger partial charge on any atom is -0.364 e. The molecule has 4 rings (SSSR count). The van der Waals surface area contributed by atoms with Crippen molar-refractivity contribution in [2.75, 3.05) is 63.1 Å². The lowest BCUT2D eigenvalue weighted by atomic mass is 10.1. The summed E-state index contributed by atoms with van der Waals surface area (Å²) in [4.78, 5) is 31.0. The predicted molar refractivity (Wildman–Crippen MR) is 119 cm³/mol. The molecule has 0 atom stereocenters. The van der Waals surface area contributed by atoms with Crippen LogP contribution in [0.1, 0.15) is 15.9 Å². The summed E-state index contributed by atoms with van der Waals surface area (Å²) < 4.78 is 0. The van der Waals surface area contributed by atoms with Crippen molar-refractivity contribution in [2.45, 2.75) is 6.54 Å². The van der Waals surface area contributed by atoms with E-state index < -0.39 is 0 Å². The minimum atomic E-state index is -0.108. The van der Waals surface area contributed by atoms with Crippen LogP contribution in [0.3, 0.4) is 0 Å². The van der Waals surface area contributed by atoms with E-state index >= 15 is 0 Å². The second-order valence-electron chi connectivity index (χ2n) is 8.00. The summed E-state index contributed by atoms with van der Waals surface area (Å²) in [5.41, 5.74) is 3.54. The van der Waals surface area contributed by atoms with Gasteiger partial charge in [-0.3, -0.25) is 19.4 Å². The zero-order chi connectivity index (χ0) is 20.9. The first kappa shape index (κ1) is 20.4. The van der Waals surface area contributed by atoms with E-state index in [0.29, 0.717) is 24.3 Å². The van der Waals surface area contributed by atoms with Gasteiger partial charge in [0.05, 0.1) is 17.9 Å². The van der Waals surface area contributed by atoms with Crippen molar-refractivity contribution >= 4 is 23.2 Å². The number of benzene rings is 2. The van der Waals surface area contributed by atoms with Crippen LogP contribution in [-0.4, -0.2) is 74.5 Å². The summed E-state index contributed by atoms with van der Waals surface area (Å²) in [7, 11) is 1.87. The predicted octanol–water partition coefficient (Wildman–Crippen LogP) is 1.62. The Kier molecular flexibility index (Phi) is 6.30. The number of nitrogens with zero attached hydrogens (tertiary/aromatic N) is 3. The van der Waals surface area contributed by atoms with Gasteiger partial charge in [-0.2, -0.15) is 0 Å². The first-order valence-electron chi connectivity index (χ1n) is 10.5. The molecule has 0 spiro atoms. The number of amides is 2. The smallest absolute Gasteiger partial charge is 0.251 e. The van der Waals surface area contributed by atoms with Crippen molar-refractivity contribution in [1.82, 2.24) is 15.1 Å². The van der Waals surface area contributed by atoms with Crippen molar-refractivity contribution in [1.29, 1.82) is 0 Å². The number of carbonyl (C=O) groups excluding carboxylic acids is 2. The van der Waals surface area contributed by atoms with Gasteiger partial charge in [0.2, 0.25) is 5.91 Å². The highest BCUT2D eigenvalue weighted by atomic mass is 16.2. The van der Waals surface area contributed by atoms with Crippen LogP contribution in [-0.2, 0) is 11.3 Å². The second kappa shape index (κ2) is 9.28. The van der Waals surface area contributed by atoms with Gasteiger partial charge in [0.15, 0.2) is 0 Å². The Bertz CT molecular complexity index is 894. The molecule has 158 valence electrons. The van der Waals surface area contributed by atoms with Crippen LogP contribution in [0.4, 0.5) is 11.4 Å². The number of hydrogen-bond donors (Lipinski definition) is 2. The van der Waals surface area contributed by atoms with Crippen LogP contribution in [0.25, 0.3) is 0 Å². The van der Waals surface area contributed by atoms with Crippen molar-refractivity contribution in [3.8, 4) is 0 Å². The standard InChI is InChI=1S/C23H29N5O2/c1-26-17-22(29)25-20-15-19(7-8-21(20)26)23(30)24-9-10-27-11-13-28(14-12-27)16-18-5-3-2-4-6-18/h2-8,15H,9-14,16-17H2,1H3,(H,24,30)(H,25,29). The van der Waals surface area contributed by atoms with Gasteiger partial charge in [0.25, 0.3) is 5.91 Å². The monoisotopic (exact) mass is 407 g/mol. The second-order valence-corrected chi connectivity index (χ2v) is 8.00. The third-order valence-corrected chi connectivity index (χ3v) is 5.75. The Morgan fingerprint density at radius 3 is 2.53 bits per heavy atom. The molecule has 2 aliphatic heterocycles. The Morgan fingerprint density at radius 2 is 1.77 bits per heavy atom. The van der Waals surface area contributed by atoms with Crippen LogP contribution in [0.15, 0.2) is 48.5 Å². The Labute approximate surface area is 177 Å². The zero-order valence-electron chi connectivity index (χ0n) is 17.4. The summed E-state index contributed by atoms with van der Waals surface area (Å²) in [6.07, 6.45) is 0. The van der Waals surface area contributed by atoms with E-state index in [1.54, 1.807) is 6.07 Å². The van der Waals surface area contributed by atoms with E-state index in [9.17, 15) is 9.59 Å². The Hall–Kier alpha value is -2.90. The highest BCUT2D eigenvalue weighted by Gasteiger charge is 2.21. The molecule has 2 N–H and O–H groups in total. The van der Waals surface area contributed by atoms with Crippen LogP contribution in [0.5, 0.6) is 0 Å². The minimum absolute atomic E-state index is 0.0611. The van der Waals surface area contributed by atoms with E-state index in [2.05, 4.69) is 44.7 Å². The molecule has 2 aromatic rings. The molecular formula is C23H29N5O2. The topological polar surface area (TPSA) is 67.9 Å². The number of likely N-dealkylation sites (N-methyl/N-ethyl adjacent to an activating group) is 1. The maximum atomic E-state index is 12.5. The first-order chi connectivity index (χ1) is 14.6. The molecule has 0 saturated carbocycles. The SMILES string of the molecule is CN1CC(=O)Nc2cc(C(=O)NCCN3CCN(Cc4ccccc4)CC3)ccc21. The van der Waals surface area contributed by atoms with Gasteiger partial charge in [-0.05, 0) is 23.8 Å². The van der Waals surface area contributed by atoms with Gasteiger partial charge >= 0.3 is 0 Å². The quantitative estimate of drug-likeness (QED) is 0.762. The molecule has 2 heterocycles. The number of hydrogen-bond acceptors (Lipinski definition) is 5. The van der Waals surface area contributed by atoms with Crippen molar-refractivity contribution < 1.29 is 9.59 Å². The molecule has 0 bridgehead atoms. The lowest BCUT2D eigenvalue weighted by Gasteiger charge is -2.34. The fourth-order valence-electron chi connectivity index (χ4n) is 4.04. The van der Waals surface area contributed by atoms with Crippen LogP contribution in [0, 0.1) is 0 Å². The van der Waals surface area contributed by atoms with E-state index in [1.807, 2.05) is 30.1 Å². The molecule has 7 nitrogen and oxygen atoms in total. The third kappa shape index (κ3) is 4.98. The van der Waals surface area contributed by atoms with E-state index in [0.717, 1.165) is 45.0 Å². The molecule has 7 heteroatoms. The summed E-state index contributed by atoms with van der Waals surface area (Å²) in [5.74, 6) is -0.169. The van der Waals surface area contributed by atoms with Crippen molar-refractivity contribution in [2.24, 2.45) is 0 Å². The van der Waals surface area contributed by atoms with Crippen LogP contribution < -0.4 is 15.5 Å². The summed E-state index contributed by atoms with van der Waals surface area (Å²) in [5, 5.41) is 5.85. The highest BCUT2D eigenvalue weighted by molar-refractivity contribution is 6.03. The molecule has 0 unspecified atom stereocenters. The number of rotatable bonds is 6. The van der Waals surface area contributed by atoms with E-state index in [1.165, 1.54) is 5.56 Å². The number of fused-ring (bicyclic) bond motifs is 1. The molecule has 0 aliphatic carbocycles. The lowest BCUT2D eigenvalue weighted by molar-refractivity contribution is -0.115. The van der Waals surface area contributed by atoms with Crippen LogP contribution >= 0.6 is 0 Å². The maximum Gasteiger partial charge on any atom is 0.251 e. The first-order valence-corrected chi connectivity index (χ1v) is 10.5. The van der Waals surface area contributed by atoms with E-state index in [4.69, 9.17) is 0 Å². The van der Waals surface area contributed by atoms with Gasteiger partial charge in [0.1, 0.15) is 0 Å². The molecule has 2 amide bonds. The molecule has 0 aromatic heterocycles. The normalized spacial score (nSPS) is 17.4. The molecule has 1 fully saturated rings. The van der Waals surface area contributed by atoms with Crippen molar-refractivity contribution in [3.63, 3.8) is 0 Å². The van der Waals surface area contributed by atoms with Crippen LogP contribution in [0.2, 0.25) is 0 Å². The average molecular weight is 408 g/mol. The van der Waals surface area contributed by atoms with Gasteiger partial charge < -0.3 is 15.5 Å². The summed E-state index contributed by atoms with van der Waals surface area (Å²) >= 11 is 0. The summed E-state index contributed by atoms with van der Waals surface area (Å²) in [6, 6.07) is 16.0. The fraction of sp³-hybridized carbons (Fsp3) is 0.391. The number of piperazine rings is 1. The molecular weight excluding hydrogens is 378 g/mol. The third-order valence-electron chi connectivity index (χ3n) is 5.75. The molecule has 1 saturated heterocycles. The number of nitrogens with one attached hydrogen (secondary N) is 2. The highest BCUT2D eigenvalue weighted by Crippen LogP contribution is 2.29.